The third kappa shape index (κ3) is 5.58. The van der Waals surface area contributed by atoms with Gasteiger partial charge in [-0.15, -0.1) is 0 Å². The monoisotopic (exact) mass is 351 g/mol. The van der Waals surface area contributed by atoms with Gasteiger partial charge in [-0.05, 0) is 18.8 Å². The molecule has 0 radical (unpaired) electrons. The maximum absolute atomic E-state index is 12.2. The van der Waals surface area contributed by atoms with E-state index in [4.69, 9.17) is 0 Å². The summed E-state index contributed by atoms with van der Waals surface area (Å²) in [6.07, 6.45) is 8.63. The molecular formula is C14H26INO. The molecule has 2 nitrogen and oxygen atoms in total. The number of rotatable bonds is 4. The highest BCUT2D eigenvalue weighted by molar-refractivity contribution is 14.1. The average molecular weight is 351 g/mol. The summed E-state index contributed by atoms with van der Waals surface area (Å²) in [5.74, 6) is 1.12. The molecule has 1 unspecified atom stereocenters. The normalized spacial score (nSPS) is 20.7. The van der Waals surface area contributed by atoms with Gasteiger partial charge in [0.05, 0.1) is 0 Å². The van der Waals surface area contributed by atoms with Crippen LogP contribution in [0.25, 0.3) is 0 Å². The fraction of sp³-hybridized carbons (Fsp3) is 0.929. The van der Waals surface area contributed by atoms with Gasteiger partial charge in [0.1, 0.15) is 0 Å². The molecule has 100 valence electrons. The Morgan fingerprint density at radius 1 is 1.18 bits per heavy atom. The molecule has 0 aromatic rings. The van der Waals surface area contributed by atoms with Gasteiger partial charge in [0.25, 0.3) is 0 Å². The SMILES string of the molecule is CC(C)C(CI)NC(=O)C1CCCCCCC1. The van der Waals surface area contributed by atoms with Crippen molar-refractivity contribution in [1.82, 2.24) is 5.32 Å². The zero-order chi connectivity index (χ0) is 12.7. The van der Waals surface area contributed by atoms with Gasteiger partial charge in [-0.3, -0.25) is 4.79 Å². The van der Waals surface area contributed by atoms with Gasteiger partial charge in [0.2, 0.25) is 5.91 Å². The summed E-state index contributed by atoms with van der Waals surface area (Å²) < 4.78 is 1.01. The Morgan fingerprint density at radius 2 is 1.71 bits per heavy atom. The van der Waals surface area contributed by atoms with Crippen LogP contribution >= 0.6 is 22.6 Å². The van der Waals surface area contributed by atoms with E-state index >= 15 is 0 Å². The second-order valence-corrected chi connectivity index (χ2v) is 6.44. The van der Waals surface area contributed by atoms with Gasteiger partial charge in [-0.25, -0.2) is 0 Å². The van der Waals surface area contributed by atoms with Crippen LogP contribution in [0, 0.1) is 11.8 Å². The summed E-state index contributed by atoms with van der Waals surface area (Å²) in [6, 6.07) is 0.341. The van der Waals surface area contributed by atoms with Crippen molar-refractivity contribution in [2.24, 2.45) is 11.8 Å². The van der Waals surface area contributed by atoms with Crippen molar-refractivity contribution >= 4 is 28.5 Å². The first-order valence-corrected chi connectivity index (χ1v) is 8.54. The van der Waals surface area contributed by atoms with Crippen LogP contribution in [0.2, 0.25) is 0 Å². The first-order valence-electron chi connectivity index (χ1n) is 7.01. The number of hydrogen-bond donors (Lipinski definition) is 1. The van der Waals surface area contributed by atoms with Gasteiger partial charge < -0.3 is 5.32 Å². The quantitative estimate of drug-likeness (QED) is 0.604. The molecule has 0 heterocycles. The zero-order valence-corrected chi connectivity index (χ0v) is 13.3. The van der Waals surface area contributed by atoms with Crippen LogP contribution in [-0.2, 0) is 4.79 Å². The van der Waals surface area contributed by atoms with E-state index in [1.54, 1.807) is 0 Å². The predicted octanol–water partition coefficient (Wildman–Crippen LogP) is 3.92. The Labute approximate surface area is 119 Å². The first-order chi connectivity index (χ1) is 8.15. The maximum Gasteiger partial charge on any atom is 0.223 e. The van der Waals surface area contributed by atoms with E-state index in [2.05, 4.69) is 41.8 Å². The van der Waals surface area contributed by atoms with Gasteiger partial charge in [0.15, 0.2) is 0 Å². The van der Waals surface area contributed by atoms with Crippen LogP contribution in [0.1, 0.15) is 58.8 Å². The third-order valence-electron chi connectivity index (χ3n) is 3.77. The molecule has 0 aromatic heterocycles. The third-order valence-corrected chi connectivity index (χ3v) is 4.72. The highest BCUT2D eigenvalue weighted by Gasteiger charge is 2.22. The van der Waals surface area contributed by atoms with E-state index in [1.807, 2.05) is 0 Å². The number of halogens is 1. The molecule has 0 aliphatic heterocycles. The Kier molecular flexibility index (Phi) is 7.47. The molecule has 1 aliphatic carbocycles. The zero-order valence-electron chi connectivity index (χ0n) is 11.2. The van der Waals surface area contributed by atoms with Crippen molar-refractivity contribution in [1.29, 1.82) is 0 Å². The van der Waals surface area contributed by atoms with Gasteiger partial charge in [-0.1, -0.05) is 68.5 Å². The van der Waals surface area contributed by atoms with E-state index in [-0.39, 0.29) is 5.92 Å². The minimum Gasteiger partial charge on any atom is -0.352 e. The summed E-state index contributed by atoms with van der Waals surface area (Å²) in [5, 5.41) is 3.24. The van der Waals surface area contributed by atoms with Crippen LogP contribution in [0.4, 0.5) is 0 Å². The molecule has 0 bridgehead atoms. The molecule has 0 aromatic carbocycles. The topological polar surface area (TPSA) is 29.1 Å². The van der Waals surface area contributed by atoms with Crippen molar-refractivity contribution in [3.8, 4) is 0 Å². The lowest BCUT2D eigenvalue weighted by Crippen LogP contribution is -2.43. The molecule has 1 N–H and O–H groups in total. The van der Waals surface area contributed by atoms with Gasteiger partial charge >= 0.3 is 0 Å². The second-order valence-electron chi connectivity index (χ2n) is 5.56. The largest absolute Gasteiger partial charge is 0.352 e. The van der Waals surface area contributed by atoms with E-state index in [0.717, 1.165) is 17.3 Å². The molecule has 1 atom stereocenters. The lowest BCUT2D eigenvalue weighted by molar-refractivity contribution is -0.126. The highest BCUT2D eigenvalue weighted by atomic mass is 127. The van der Waals surface area contributed by atoms with Crippen LogP contribution in [0.5, 0.6) is 0 Å². The van der Waals surface area contributed by atoms with Gasteiger partial charge in [-0.2, -0.15) is 0 Å². The number of alkyl halides is 1. The van der Waals surface area contributed by atoms with Crippen molar-refractivity contribution in [3.05, 3.63) is 0 Å². The number of carbonyl (C=O) groups excluding carboxylic acids is 1. The molecule has 1 fully saturated rings. The molecule has 0 saturated heterocycles. The number of carbonyl (C=O) groups is 1. The summed E-state index contributed by atoms with van der Waals surface area (Å²) in [4.78, 5) is 12.2. The number of hydrogen-bond acceptors (Lipinski definition) is 1. The maximum atomic E-state index is 12.2. The van der Waals surface area contributed by atoms with Crippen molar-refractivity contribution in [2.75, 3.05) is 4.43 Å². The lowest BCUT2D eigenvalue weighted by Gasteiger charge is -2.25. The Morgan fingerprint density at radius 3 is 2.18 bits per heavy atom. The summed E-state index contributed by atoms with van der Waals surface area (Å²) in [7, 11) is 0. The standard InChI is InChI=1S/C14H26INO/c1-11(2)13(10-15)16-14(17)12-8-6-4-3-5-7-9-12/h11-13H,3-10H2,1-2H3,(H,16,17). The first kappa shape index (κ1) is 15.3. The minimum atomic E-state index is 0.277. The van der Waals surface area contributed by atoms with Crippen LogP contribution in [0.3, 0.4) is 0 Å². The summed E-state index contributed by atoms with van der Waals surface area (Å²) >= 11 is 2.37. The Balaban J connectivity index is 2.43. The summed E-state index contributed by atoms with van der Waals surface area (Å²) in [6.45, 7) is 4.36. The second kappa shape index (κ2) is 8.33. The van der Waals surface area contributed by atoms with Gasteiger partial charge in [0, 0.05) is 16.4 Å². The van der Waals surface area contributed by atoms with Crippen molar-refractivity contribution < 1.29 is 4.79 Å². The fourth-order valence-electron chi connectivity index (χ4n) is 2.40. The fourth-order valence-corrected chi connectivity index (χ4v) is 3.64. The molecule has 17 heavy (non-hydrogen) atoms. The number of amides is 1. The van der Waals surface area contributed by atoms with E-state index in [9.17, 15) is 4.79 Å². The van der Waals surface area contributed by atoms with Crippen LogP contribution in [0.15, 0.2) is 0 Å². The van der Waals surface area contributed by atoms with Crippen molar-refractivity contribution in [2.45, 2.75) is 64.8 Å². The lowest BCUT2D eigenvalue weighted by atomic mass is 9.90. The van der Waals surface area contributed by atoms with E-state index in [1.165, 1.54) is 32.1 Å². The van der Waals surface area contributed by atoms with E-state index in [0.29, 0.717) is 17.9 Å². The predicted molar refractivity (Wildman–Crippen MR) is 81.5 cm³/mol. The minimum absolute atomic E-state index is 0.277. The number of nitrogens with one attached hydrogen (secondary N) is 1. The van der Waals surface area contributed by atoms with Crippen molar-refractivity contribution in [3.63, 3.8) is 0 Å². The molecule has 1 aliphatic rings. The molecular weight excluding hydrogens is 325 g/mol. The molecule has 1 rings (SSSR count). The molecule has 0 spiro atoms. The highest BCUT2D eigenvalue weighted by Crippen LogP contribution is 2.22. The average Bonchev–Trinajstić information content (AvgIpc) is 2.24. The Hall–Kier alpha value is 0.200. The molecule has 1 amide bonds. The molecule has 1 saturated carbocycles. The van der Waals surface area contributed by atoms with Crippen LogP contribution < -0.4 is 5.32 Å². The Bertz CT molecular complexity index is 222. The van der Waals surface area contributed by atoms with E-state index < -0.39 is 0 Å². The summed E-state index contributed by atoms with van der Waals surface area (Å²) in [5.41, 5.74) is 0. The van der Waals surface area contributed by atoms with Crippen LogP contribution in [-0.4, -0.2) is 16.4 Å². The molecule has 3 heteroatoms. The smallest absolute Gasteiger partial charge is 0.223 e.